The molecule has 0 saturated heterocycles. The standard InChI is InChI=1S/C21H16Cl2N2/c1-14-7-16(10-18(22)8-14)13-25-19-5-6-21(23)20(11-19)17-4-2-3-15(9-17)12-24/h2-11,25H,13H2,1H3. The predicted molar refractivity (Wildman–Crippen MR) is 105 cm³/mol. The highest BCUT2D eigenvalue weighted by Crippen LogP contribution is 2.31. The van der Waals surface area contributed by atoms with Gasteiger partial charge in [-0.15, -0.1) is 0 Å². The first kappa shape index (κ1) is 17.4. The van der Waals surface area contributed by atoms with Crippen molar-refractivity contribution >= 4 is 28.9 Å². The molecule has 3 aromatic rings. The van der Waals surface area contributed by atoms with Crippen LogP contribution >= 0.6 is 23.2 Å². The summed E-state index contributed by atoms with van der Waals surface area (Å²) >= 11 is 12.5. The van der Waals surface area contributed by atoms with Crippen molar-refractivity contribution in [3.8, 4) is 17.2 Å². The second-order valence-electron chi connectivity index (χ2n) is 5.88. The highest BCUT2D eigenvalue weighted by molar-refractivity contribution is 6.33. The number of benzene rings is 3. The van der Waals surface area contributed by atoms with E-state index in [2.05, 4.69) is 17.5 Å². The van der Waals surface area contributed by atoms with Crippen molar-refractivity contribution in [2.45, 2.75) is 13.5 Å². The van der Waals surface area contributed by atoms with Gasteiger partial charge in [0.05, 0.1) is 11.6 Å². The number of aryl methyl sites for hydroxylation is 1. The molecule has 0 aliphatic rings. The Morgan fingerprint density at radius 1 is 1.00 bits per heavy atom. The zero-order valence-electron chi connectivity index (χ0n) is 13.7. The van der Waals surface area contributed by atoms with Gasteiger partial charge in [0.25, 0.3) is 0 Å². The fraction of sp³-hybridized carbons (Fsp3) is 0.0952. The Hall–Kier alpha value is -2.47. The van der Waals surface area contributed by atoms with Crippen LogP contribution in [0.3, 0.4) is 0 Å². The van der Waals surface area contributed by atoms with E-state index in [9.17, 15) is 0 Å². The molecule has 3 aromatic carbocycles. The van der Waals surface area contributed by atoms with Gasteiger partial charge in [-0.05, 0) is 66.1 Å². The normalized spacial score (nSPS) is 10.3. The summed E-state index contributed by atoms with van der Waals surface area (Å²) in [7, 11) is 0. The summed E-state index contributed by atoms with van der Waals surface area (Å²) in [6, 6.07) is 21.4. The lowest BCUT2D eigenvalue weighted by atomic mass is 10.0. The lowest BCUT2D eigenvalue weighted by molar-refractivity contribution is 1.14. The van der Waals surface area contributed by atoms with Crippen LogP contribution in [0.2, 0.25) is 10.0 Å². The molecule has 0 unspecified atom stereocenters. The van der Waals surface area contributed by atoms with Gasteiger partial charge in [-0.25, -0.2) is 0 Å². The van der Waals surface area contributed by atoms with E-state index in [1.54, 1.807) is 6.07 Å². The molecule has 0 aliphatic heterocycles. The molecule has 0 heterocycles. The maximum atomic E-state index is 9.08. The van der Waals surface area contributed by atoms with Crippen molar-refractivity contribution in [2.24, 2.45) is 0 Å². The van der Waals surface area contributed by atoms with Gasteiger partial charge in [0.15, 0.2) is 0 Å². The van der Waals surface area contributed by atoms with Crippen LogP contribution in [0.25, 0.3) is 11.1 Å². The molecular weight excluding hydrogens is 351 g/mol. The van der Waals surface area contributed by atoms with Crippen molar-refractivity contribution in [1.82, 2.24) is 0 Å². The number of hydrogen-bond donors (Lipinski definition) is 1. The van der Waals surface area contributed by atoms with Crippen molar-refractivity contribution < 1.29 is 0 Å². The fourth-order valence-electron chi connectivity index (χ4n) is 2.73. The molecule has 25 heavy (non-hydrogen) atoms. The number of nitrogens with one attached hydrogen (secondary N) is 1. The van der Waals surface area contributed by atoms with Gasteiger partial charge in [0.1, 0.15) is 0 Å². The molecule has 0 bridgehead atoms. The van der Waals surface area contributed by atoms with Gasteiger partial charge in [-0.1, -0.05) is 41.4 Å². The highest BCUT2D eigenvalue weighted by atomic mass is 35.5. The minimum absolute atomic E-state index is 0.612. The molecule has 3 rings (SSSR count). The van der Waals surface area contributed by atoms with Crippen LogP contribution < -0.4 is 5.32 Å². The Labute approximate surface area is 157 Å². The smallest absolute Gasteiger partial charge is 0.0991 e. The summed E-state index contributed by atoms with van der Waals surface area (Å²) in [4.78, 5) is 0. The summed E-state index contributed by atoms with van der Waals surface area (Å²) < 4.78 is 0. The Morgan fingerprint density at radius 3 is 2.60 bits per heavy atom. The van der Waals surface area contributed by atoms with Crippen molar-refractivity contribution in [2.75, 3.05) is 5.32 Å². The van der Waals surface area contributed by atoms with Crippen molar-refractivity contribution in [3.05, 3.63) is 87.4 Å². The fourth-order valence-corrected chi connectivity index (χ4v) is 3.27. The van der Waals surface area contributed by atoms with E-state index >= 15 is 0 Å². The van der Waals surface area contributed by atoms with Gasteiger partial charge in [0.2, 0.25) is 0 Å². The van der Waals surface area contributed by atoms with Gasteiger partial charge in [0, 0.05) is 27.8 Å². The molecule has 1 N–H and O–H groups in total. The second-order valence-corrected chi connectivity index (χ2v) is 6.72. The Morgan fingerprint density at radius 2 is 1.84 bits per heavy atom. The van der Waals surface area contributed by atoms with Crippen molar-refractivity contribution in [3.63, 3.8) is 0 Å². The molecule has 0 saturated carbocycles. The summed E-state index contributed by atoms with van der Waals surface area (Å²) in [5.41, 5.74) is 5.64. The van der Waals surface area contributed by atoms with Crippen LogP contribution in [0.1, 0.15) is 16.7 Å². The number of anilines is 1. The molecule has 0 spiro atoms. The topological polar surface area (TPSA) is 35.8 Å². The maximum Gasteiger partial charge on any atom is 0.0991 e. The average Bonchev–Trinajstić information content (AvgIpc) is 2.60. The van der Waals surface area contributed by atoms with E-state index in [-0.39, 0.29) is 0 Å². The van der Waals surface area contributed by atoms with E-state index < -0.39 is 0 Å². The van der Waals surface area contributed by atoms with E-state index in [4.69, 9.17) is 28.5 Å². The molecular formula is C21H16Cl2N2. The lowest BCUT2D eigenvalue weighted by Gasteiger charge is -2.11. The highest BCUT2D eigenvalue weighted by Gasteiger charge is 2.06. The molecule has 2 nitrogen and oxygen atoms in total. The molecule has 0 aliphatic carbocycles. The quantitative estimate of drug-likeness (QED) is 0.575. The van der Waals surface area contributed by atoms with Gasteiger partial charge < -0.3 is 5.32 Å². The second kappa shape index (κ2) is 7.61. The van der Waals surface area contributed by atoms with Gasteiger partial charge in [-0.2, -0.15) is 5.26 Å². The number of nitriles is 1. The Balaban J connectivity index is 1.85. The van der Waals surface area contributed by atoms with E-state index in [0.717, 1.165) is 33.0 Å². The number of hydrogen-bond acceptors (Lipinski definition) is 2. The SMILES string of the molecule is Cc1cc(Cl)cc(CNc2ccc(Cl)c(-c3cccc(C#N)c3)c2)c1. The van der Waals surface area contributed by atoms with Crippen LogP contribution in [0.5, 0.6) is 0 Å². The summed E-state index contributed by atoms with van der Waals surface area (Å²) in [5, 5.41) is 13.9. The molecule has 0 amide bonds. The third-order valence-electron chi connectivity index (χ3n) is 3.87. The van der Waals surface area contributed by atoms with E-state index in [1.807, 2.05) is 55.5 Å². The van der Waals surface area contributed by atoms with Crippen LogP contribution in [0.4, 0.5) is 5.69 Å². The van der Waals surface area contributed by atoms with E-state index in [1.165, 1.54) is 0 Å². The molecule has 4 heteroatoms. The molecule has 0 aromatic heterocycles. The van der Waals surface area contributed by atoms with Crippen LogP contribution in [0.15, 0.2) is 60.7 Å². The number of halogens is 2. The third-order valence-corrected chi connectivity index (χ3v) is 4.42. The Kier molecular flexibility index (Phi) is 5.28. The summed E-state index contributed by atoms with van der Waals surface area (Å²) in [6.07, 6.45) is 0. The van der Waals surface area contributed by atoms with Crippen LogP contribution in [-0.4, -0.2) is 0 Å². The monoisotopic (exact) mass is 366 g/mol. The van der Waals surface area contributed by atoms with Crippen LogP contribution in [0, 0.1) is 18.3 Å². The third kappa shape index (κ3) is 4.33. The Bertz CT molecular complexity index is 938. The first-order valence-corrected chi connectivity index (χ1v) is 8.61. The minimum Gasteiger partial charge on any atom is -0.381 e. The van der Waals surface area contributed by atoms with Crippen molar-refractivity contribution in [1.29, 1.82) is 5.26 Å². The molecule has 124 valence electrons. The minimum atomic E-state index is 0.612. The summed E-state index contributed by atoms with van der Waals surface area (Å²) in [5.74, 6) is 0. The average molecular weight is 367 g/mol. The number of rotatable bonds is 4. The molecule has 0 fully saturated rings. The predicted octanol–water partition coefficient (Wildman–Crippen LogP) is 6.45. The largest absolute Gasteiger partial charge is 0.381 e. The van der Waals surface area contributed by atoms with Crippen LogP contribution in [-0.2, 0) is 6.54 Å². The van der Waals surface area contributed by atoms with Gasteiger partial charge in [-0.3, -0.25) is 0 Å². The number of nitrogens with zero attached hydrogens (tertiary/aromatic N) is 1. The molecule has 0 atom stereocenters. The van der Waals surface area contributed by atoms with E-state index in [0.29, 0.717) is 17.1 Å². The molecule has 0 radical (unpaired) electrons. The zero-order chi connectivity index (χ0) is 17.8. The zero-order valence-corrected chi connectivity index (χ0v) is 15.2. The lowest BCUT2D eigenvalue weighted by Crippen LogP contribution is -2.00. The van der Waals surface area contributed by atoms with Gasteiger partial charge >= 0.3 is 0 Å². The maximum absolute atomic E-state index is 9.08. The summed E-state index contributed by atoms with van der Waals surface area (Å²) in [6.45, 7) is 2.69. The first-order valence-electron chi connectivity index (χ1n) is 7.85. The first-order chi connectivity index (χ1) is 12.0.